The van der Waals surface area contributed by atoms with E-state index in [0.29, 0.717) is 18.2 Å². The summed E-state index contributed by atoms with van der Waals surface area (Å²) >= 11 is 1.43. The second-order valence-corrected chi connectivity index (χ2v) is 8.19. The van der Waals surface area contributed by atoms with Crippen molar-refractivity contribution in [2.45, 2.75) is 30.7 Å². The van der Waals surface area contributed by atoms with E-state index >= 15 is 0 Å². The molecule has 2 aromatic carbocycles. The largest absolute Gasteiger partial charge is 0.463 e. The van der Waals surface area contributed by atoms with Crippen molar-refractivity contribution in [2.75, 3.05) is 17.7 Å². The number of hydrogen-bond acceptors (Lipinski definition) is 6. The summed E-state index contributed by atoms with van der Waals surface area (Å²) in [6, 6.07) is 15.2. The Kier molecular flexibility index (Phi) is 6.62. The first-order chi connectivity index (χ1) is 15.1. The minimum absolute atomic E-state index is 0.101. The van der Waals surface area contributed by atoms with E-state index in [1.165, 1.54) is 17.8 Å². The highest BCUT2D eigenvalue weighted by Crippen LogP contribution is 2.39. The Bertz CT molecular complexity index is 1120. The van der Waals surface area contributed by atoms with Crippen LogP contribution in [0.3, 0.4) is 0 Å². The average Bonchev–Trinajstić information content (AvgIpc) is 3.62. The molecule has 1 aliphatic carbocycles. The van der Waals surface area contributed by atoms with E-state index in [1.54, 1.807) is 25.1 Å². The number of benzene rings is 2. The third-order valence-corrected chi connectivity index (χ3v) is 5.75. The van der Waals surface area contributed by atoms with Crippen LogP contribution in [0.1, 0.15) is 37.1 Å². The van der Waals surface area contributed by atoms with Gasteiger partial charge in [-0.25, -0.2) is 14.8 Å². The molecule has 1 fully saturated rings. The molecule has 1 amide bonds. The highest BCUT2D eigenvalue weighted by Gasteiger charge is 2.27. The number of carbonyl (C=O) groups is 2. The molecule has 31 heavy (non-hydrogen) atoms. The van der Waals surface area contributed by atoms with Gasteiger partial charge in [-0.15, -0.1) is 0 Å². The molecule has 1 saturated carbocycles. The van der Waals surface area contributed by atoms with Crippen molar-refractivity contribution in [3.63, 3.8) is 0 Å². The molecule has 1 aliphatic rings. The van der Waals surface area contributed by atoms with Crippen LogP contribution in [-0.2, 0) is 14.3 Å². The summed E-state index contributed by atoms with van der Waals surface area (Å²) in [5.41, 5.74) is 2.47. The van der Waals surface area contributed by atoms with Crippen LogP contribution in [0.5, 0.6) is 0 Å². The van der Waals surface area contributed by atoms with Gasteiger partial charge >= 0.3 is 5.97 Å². The number of anilines is 1. The van der Waals surface area contributed by atoms with Gasteiger partial charge in [-0.3, -0.25) is 4.79 Å². The predicted molar refractivity (Wildman–Crippen MR) is 123 cm³/mol. The molecule has 1 heterocycles. The number of fused-ring (bicyclic) bond motifs is 1. The lowest BCUT2D eigenvalue weighted by atomic mass is 10.2. The number of carbonyl (C=O) groups excluding carboxylic acids is 2. The molecular formula is C24H23N3O3S. The second-order valence-electron chi connectivity index (χ2n) is 7.22. The van der Waals surface area contributed by atoms with Crippen LogP contribution in [0.15, 0.2) is 59.6 Å². The van der Waals surface area contributed by atoms with E-state index in [0.717, 1.165) is 40.2 Å². The van der Waals surface area contributed by atoms with Gasteiger partial charge in [0.1, 0.15) is 10.9 Å². The van der Waals surface area contributed by atoms with E-state index in [-0.39, 0.29) is 17.6 Å². The van der Waals surface area contributed by atoms with Crippen molar-refractivity contribution in [1.29, 1.82) is 0 Å². The molecule has 1 aromatic heterocycles. The normalized spacial score (nSPS) is 13.5. The Morgan fingerprint density at radius 3 is 2.65 bits per heavy atom. The molecule has 0 saturated heterocycles. The molecule has 0 aliphatic heterocycles. The fourth-order valence-corrected chi connectivity index (χ4v) is 3.89. The quantitative estimate of drug-likeness (QED) is 0.238. The Morgan fingerprint density at radius 2 is 1.90 bits per heavy atom. The van der Waals surface area contributed by atoms with Gasteiger partial charge in [-0.1, -0.05) is 42.1 Å². The minimum Gasteiger partial charge on any atom is -0.463 e. The molecule has 0 radical (unpaired) electrons. The van der Waals surface area contributed by atoms with Crippen LogP contribution in [0, 0.1) is 0 Å². The molecule has 1 N–H and O–H groups in total. The fraction of sp³-hybridized carbons (Fsp3) is 0.250. The molecule has 0 bridgehead atoms. The first kappa shape index (κ1) is 21.1. The van der Waals surface area contributed by atoms with Crippen LogP contribution in [0.4, 0.5) is 5.69 Å². The van der Waals surface area contributed by atoms with Gasteiger partial charge in [0.05, 0.1) is 17.9 Å². The second kappa shape index (κ2) is 9.75. The maximum Gasteiger partial charge on any atom is 0.330 e. The number of hydrogen-bond donors (Lipinski definition) is 1. The van der Waals surface area contributed by atoms with Gasteiger partial charge in [-0.2, -0.15) is 0 Å². The highest BCUT2D eigenvalue weighted by molar-refractivity contribution is 8.00. The first-order valence-electron chi connectivity index (χ1n) is 10.3. The maximum absolute atomic E-state index is 12.5. The lowest BCUT2D eigenvalue weighted by molar-refractivity contribution is -0.137. The van der Waals surface area contributed by atoms with Crippen LogP contribution < -0.4 is 5.32 Å². The van der Waals surface area contributed by atoms with Gasteiger partial charge < -0.3 is 10.1 Å². The minimum atomic E-state index is -0.376. The van der Waals surface area contributed by atoms with Crippen LogP contribution in [0.2, 0.25) is 0 Å². The Morgan fingerprint density at radius 1 is 1.13 bits per heavy atom. The molecule has 6 nitrogen and oxygen atoms in total. The first-order valence-corrected chi connectivity index (χ1v) is 11.2. The third kappa shape index (κ3) is 5.70. The molecule has 158 valence electrons. The predicted octanol–water partition coefficient (Wildman–Crippen LogP) is 4.81. The maximum atomic E-state index is 12.5. The Balaban J connectivity index is 1.37. The van der Waals surface area contributed by atoms with Crippen LogP contribution in [-0.4, -0.2) is 34.2 Å². The van der Waals surface area contributed by atoms with Crippen molar-refractivity contribution in [1.82, 2.24) is 9.97 Å². The number of para-hydroxylation sites is 1. The Labute approximate surface area is 185 Å². The number of rotatable bonds is 8. The zero-order chi connectivity index (χ0) is 21.6. The van der Waals surface area contributed by atoms with Crippen molar-refractivity contribution in [3.8, 4) is 0 Å². The summed E-state index contributed by atoms with van der Waals surface area (Å²) in [7, 11) is 0. The summed E-state index contributed by atoms with van der Waals surface area (Å²) in [5.74, 6) is 1.12. The number of esters is 1. The smallest absolute Gasteiger partial charge is 0.330 e. The summed E-state index contributed by atoms with van der Waals surface area (Å²) in [6.45, 7) is 2.11. The number of thioether (sulfide) groups is 1. The van der Waals surface area contributed by atoms with Gasteiger partial charge in [0.2, 0.25) is 5.91 Å². The molecule has 0 spiro atoms. The number of amides is 1. The molecular weight excluding hydrogens is 410 g/mol. The van der Waals surface area contributed by atoms with Crippen molar-refractivity contribution in [3.05, 3.63) is 66.0 Å². The summed E-state index contributed by atoms with van der Waals surface area (Å²) in [5, 5.41) is 4.73. The van der Waals surface area contributed by atoms with Gasteiger partial charge in [-0.05, 0) is 49.6 Å². The summed E-state index contributed by atoms with van der Waals surface area (Å²) in [4.78, 5) is 33.3. The van der Waals surface area contributed by atoms with E-state index in [2.05, 4.69) is 10.3 Å². The number of nitrogens with zero attached hydrogens (tertiary/aromatic N) is 2. The van der Waals surface area contributed by atoms with Crippen LogP contribution >= 0.6 is 11.8 Å². The number of aromatic nitrogens is 2. The number of ether oxygens (including phenoxy) is 1. The summed E-state index contributed by atoms with van der Waals surface area (Å²) in [6.07, 6.45) is 5.33. The molecule has 3 aromatic rings. The fourth-order valence-electron chi connectivity index (χ4n) is 3.06. The third-order valence-electron chi connectivity index (χ3n) is 4.76. The molecule has 7 heteroatoms. The molecule has 0 atom stereocenters. The molecule has 4 rings (SSSR count). The van der Waals surface area contributed by atoms with Crippen molar-refractivity contribution >= 4 is 46.3 Å². The van der Waals surface area contributed by atoms with Gasteiger partial charge in [0, 0.05) is 23.1 Å². The standard InChI is InChI=1S/C24H23N3O3S/c1-2-30-22(29)14-9-16-7-12-18(13-8-16)25-21(28)15-31-24-19-5-3-4-6-20(19)26-23(27-24)17-10-11-17/h3-9,12-14,17H,2,10-11,15H2,1H3,(H,25,28). The average molecular weight is 434 g/mol. The van der Waals surface area contributed by atoms with Crippen molar-refractivity contribution in [2.24, 2.45) is 0 Å². The number of nitrogens with one attached hydrogen (secondary N) is 1. The monoisotopic (exact) mass is 433 g/mol. The Hall–Kier alpha value is -3.19. The zero-order valence-corrected chi connectivity index (χ0v) is 18.0. The summed E-state index contributed by atoms with van der Waals surface area (Å²) < 4.78 is 4.86. The lowest BCUT2D eigenvalue weighted by Gasteiger charge is -2.09. The van der Waals surface area contributed by atoms with Gasteiger partial charge in [0.15, 0.2) is 0 Å². The zero-order valence-electron chi connectivity index (χ0n) is 17.2. The SMILES string of the molecule is CCOC(=O)C=Cc1ccc(NC(=O)CSc2nc(C3CC3)nc3ccccc23)cc1. The van der Waals surface area contributed by atoms with E-state index in [4.69, 9.17) is 9.72 Å². The van der Waals surface area contributed by atoms with E-state index < -0.39 is 0 Å². The topological polar surface area (TPSA) is 81.2 Å². The van der Waals surface area contributed by atoms with E-state index in [1.807, 2.05) is 36.4 Å². The highest BCUT2D eigenvalue weighted by atomic mass is 32.2. The lowest BCUT2D eigenvalue weighted by Crippen LogP contribution is -2.14. The van der Waals surface area contributed by atoms with Crippen molar-refractivity contribution < 1.29 is 14.3 Å². The van der Waals surface area contributed by atoms with Crippen LogP contribution in [0.25, 0.3) is 17.0 Å². The van der Waals surface area contributed by atoms with Gasteiger partial charge in [0.25, 0.3) is 0 Å². The van der Waals surface area contributed by atoms with E-state index in [9.17, 15) is 9.59 Å². The molecule has 0 unspecified atom stereocenters.